The number of nitrogens with one attached hydrogen (secondary N) is 1. The van der Waals surface area contributed by atoms with Crippen molar-refractivity contribution in [3.63, 3.8) is 0 Å². The van der Waals surface area contributed by atoms with E-state index in [9.17, 15) is 9.59 Å². The molecule has 0 saturated heterocycles. The maximum atomic E-state index is 11.8. The Kier molecular flexibility index (Phi) is 3.38. The largest absolute Gasteiger partial charge is 0.365 e. The number of carbonyl (C=O) groups is 2. The molecule has 2 amide bonds. The van der Waals surface area contributed by atoms with Crippen LogP contribution < -0.4 is 11.1 Å². The Morgan fingerprint density at radius 1 is 1.28 bits per heavy atom. The highest BCUT2D eigenvalue weighted by Crippen LogP contribution is 2.18. The number of thiazole rings is 1. The van der Waals surface area contributed by atoms with E-state index in [1.165, 1.54) is 6.20 Å². The third kappa shape index (κ3) is 2.72. The van der Waals surface area contributed by atoms with Crippen molar-refractivity contribution in [2.24, 2.45) is 5.73 Å². The lowest BCUT2D eigenvalue weighted by atomic mass is 10.1. The Morgan fingerprint density at radius 3 is 2.50 bits per heavy atom. The molecule has 1 heterocycles. The van der Waals surface area contributed by atoms with Crippen LogP contribution in [0.1, 0.15) is 25.6 Å². The molecule has 2 rings (SSSR count). The Labute approximate surface area is 108 Å². The summed E-state index contributed by atoms with van der Waals surface area (Å²) in [6.07, 6.45) is 1.34. The topological polar surface area (TPSA) is 85.1 Å². The number of rotatable bonds is 3. The van der Waals surface area contributed by atoms with Crippen molar-refractivity contribution < 1.29 is 9.59 Å². The Hall–Kier alpha value is -2.21. The molecule has 1 aromatic carbocycles. The second-order valence-corrected chi connectivity index (χ2v) is 4.74. The fourth-order valence-electron chi connectivity index (χ4n) is 1.32. The lowest BCUT2D eigenvalue weighted by molar-refractivity contribution is 0.100. The smallest absolute Gasteiger partial charge is 0.260 e. The number of hydrogen-bond acceptors (Lipinski definition) is 4. The van der Waals surface area contributed by atoms with Crippen LogP contribution in [-0.4, -0.2) is 16.8 Å². The van der Waals surface area contributed by atoms with Crippen molar-refractivity contribution >= 4 is 28.3 Å². The molecule has 0 aliphatic rings. The lowest BCUT2D eigenvalue weighted by Gasteiger charge is -2.01. The molecular formula is C12H11N3O2S. The highest BCUT2D eigenvalue weighted by molar-refractivity contribution is 7.17. The summed E-state index contributed by atoms with van der Waals surface area (Å²) in [5, 5.41) is 2.97. The number of hydrogen-bond donors (Lipinski definition) is 2. The van der Waals surface area contributed by atoms with Gasteiger partial charge in [0, 0.05) is 5.56 Å². The quantitative estimate of drug-likeness (QED) is 0.883. The summed E-state index contributed by atoms with van der Waals surface area (Å²) in [7, 11) is 0. The van der Waals surface area contributed by atoms with E-state index in [1.807, 2.05) is 19.1 Å². The second-order valence-electron chi connectivity index (χ2n) is 3.71. The number of primary amides is 1. The van der Waals surface area contributed by atoms with E-state index in [0.717, 1.165) is 16.9 Å². The summed E-state index contributed by atoms with van der Waals surface area (Å²) in [5.41, 5.74) is 6.72. The molecule has 2 aromatic rings. The van der Waals surface area contributed by atoms with Crippen LogP contribution in [0, 0.1) is 6.92 Å². The molecule has 6 heteroatoms. The van der Waals surface area contributed by atoms with E-state index in [-0.39, 0.29) is 5.91 Å². The maximum absolute atomic E-state index is 11.8. The van der Waals surface area contributed by atoms with Gasteiger partial charge < -0.3 is 5.73 Å². The van der Waals surface area contributed by atoms with Gasteiger partial charge in [-0.25, -0.2) is 4.98 Å². The van der Waals surface area contributed by atoms with Crippen LogP contribution in [0.3, 0.4) is 0 Å². The predicted molar refractivity (Wildman–Crippen MR) is 69.8 cm³/mol. The Bertz CT molecular complexity index is 590. The summed E-state index contributed by atoms with van der Waals surface area (Å²) >= 11 is 1.05. The van der Waals surface area contributed by atoms with Crippen LogP contribution in [-0.2, 0) is 0 Å². The average Bonchev–Trinajstić information content (AvgIpc) is 2.78. The number of nitrogens with two attached hydrogens (primary N) is 1. The molecule has 3 N–H and O–H groups in total. The van der Waals surface area contributed by atoms with Crippen LogP contribution in [0.2, 0.25) is 0 Å². The lowest BCUT2D eigenvalue weighted by Crippen LogP contribution is -2.11. The van der Waals surface area contributed by atoms with E-state index in [4.69, 9.17) is 5.73 Å². The normalized spacial score (nSPS) is 10.1. The third-order valence-corrected chi connectivity index (χ3v) is 3.21. The zero-order valence-corrected chi connectivity index (χ0v) is 10.5. The van der Waals surface area contributed by atoms with Gasteiger partial charge in [0.05, 0.1) is 6.20 Å². The van der Waals surface area contributed by atoms with Gasteiger partial charge in [0.25, 0.3) is 11.8 Å². The molecule has 0 spiro atoms. The van der Waals surface area contributed by atoms with Crippen LogP contribution in [0.25, 0.3) is 0 Å². The standard InChI is InChI=1S/C12H11N3O2S/c1-7-2-4-8(5-3-7)11(17)15-12-14-6-9(18-12)10(13)16/h2-6H,1H3,(H2,13,16)(H,14,15,17). The van der Waals surface area contributed by atoms with E-state index in [2.05, 4.69) is 10.3 Å². The van der Waals surface area contributed by atoms with Gasteiger partial charge in [0.1, 0.15) is 4.88 Å². The van der Waals surface area contributed by atoms with Gasteiger partial charge in [0.2, 0.25) is 0 Å². The molecule has 92 valence electrons. The number of carbonyl (C=O) groups excluding carboxylic acids is 2. The number of benzene rings is 1. The van der Waals surface area contributed by atoms with E-state index >= 15 is 0 Å². The molecule has 0 bridgehead atoms. The fraction of sp³-hybridized carbons (Fsp3) is 0.0833. The van der Waals surface area contributed by atoms with Gasteiger partial charge in [-0.05, 0) is 19.1 Å². The molecule has 1 aromatic heterocycles. The number of anilines is 1. The highest BCUT2D eigenvalue weighted by atomic mass is 32.1. The van der Waals surface area contributed by atoms with Crippen LogP contribution in [0.15, 0.2) is 30.5 Å². The zero-order chi connectivity index (χ0) is 13.1. The van der Waals surface area contributed by atoms with Crippen molar-refractivity contribution in [3.8, 4) is 0 Å². The Morgan fingerprint density at radius 2 is 1.94 bits per heavy atom. The van der Waals surface area contributed by atoms with Crippen molar-refractivity contribution in [1.29, 1.82) is 0 Å². The molecule has 0 unspecified atom stereocenters. The van der Waals surface area contributed by atoms with E-state index in [0.29, 0.717) is 15.6 Å². The predicted octanol–water partition coefficient (Wildman–Crippen LogP) is 1.80. The number of aromatic nitrogens is 1. The minimum Gasteiger partial charge on any atom is -0.365 e. The SMILES string of the molecule is Cc1ccc(C(=O)Nc2ncc(C(N)=O)s2)cc1. The fourth-order valence-corrected chi connectivity index (χ4v) is 1.98. The van der Waals surface area contributed by atoms with Gasteiger partial charge >= 0.3 is 0 Å². The van der Waals surface area contributed by atoms with Crippen LogP contribution in [0.5, 0.6) is 0 Å². The molecule has 0 aliphatic heterocycles. The first-order valence-electron chi connectivity index (χ1n) is 5.20. The summed E-state index contributed by atoms with van der Waals surface area (Å²) in [6.45, 7) is 1.95. The van der Waals surface area contributed by atoms with Crippen molar-refractivity contribution in [2.75, 3.05) is 5.32 Å². The van der Waals surface area contributed by atoms with E-state index < -0.39 is 5.91 Å². The summed E-state index contributed by atoms with van der Waals surface area (Å²) in [5.74, 6) is -0.816. The first kappa shape index (κ1) is 12.3. The summed E-state index contributed by atoms with van der Waals surface area (Å²) in [6, 6.07) is 7.16. The molecular weight excluding hydrogens is 250 g/mol. The maximum Gasteiger partial charge on any atom is 0.260 e. The molecule has 0 saturated carbocycles. The van der Waals surface area contributed by atoms with Gasteiger partial charge in [0.15, 0.2) is 5.13 Å². The minimum absolute atomic E-state index is 0.264. The Balaban J connectivity index is 2.11. The molecule has 5 nitrogen and oxygen atoms in total. The van der Waals surface area contributed by atoms with E-state index in [1.54, 1.807) is 12.1 Å². The molecule has 18 heavy (non-hydrogen) atoms. The van der Waals surface area contributed by atoms with Crippen molar-refractivity contribution in [1.82, 2.24) is 4.98 Å². The molecule has 0 aliphatic carbocycles. The molecule has 0 atom stereocenters. The number of amides is 2. The summed E-state index contributed by atoms with van der Waals surface area (Å²) < 4.78 is 0. The van der Waals surface area contributed by atoms with Crippen molar-refractivity contribution in [2.45, 2.75) is 6.92 Å². The zero-order valence-electron chi connectivity index (χ0n) is 9.64. The minimum atomic E-state index is -0.552. The van der Waals surface area contributed by atoms with Crippen LogP contribution in [0.4, 0.5) is 5.13 Å². The third-order valence-electron chi connectivity index (χ3n) is 2.28. The second kappa shape index (κ2) is 4.97. The van der Waals surface area contributed by atoms with Crippen LogP contribution >= 0.6 is 11.3 Å². The van der Waals surface area contributed by atoms with Crippen molar-refractivity contribution in [3.05, 3.63) is 46.5 Å². The number of nitrogens with zero attached hydrogens (tertiary/aromatic N) is 1. The first-order valence-corrected chi connectivity index (χ1v) is 6.01. The first-order chi connectivity index (χ1) is 8.56. The monoisotopic (exact) mass is 261 g/mol. The summed E-state index contributed by atoms with van der Waals surface area (Å²) in [4.78, 5) is 27.0. The van der Waals surface area contributed by atoms with Gasteiger partial charge in [-0.15, -0.1) is 0 Å². The molecule has 0 radical (unpaired) electrons. The molecule has 0 fully saturated rings. The van der Waals surface area contributed by atoms with Gasteiger partial charge in [-0.2, -0.15) is 0 Å². The number of aryl methyl sites for hydroxylation is 1. The highest BCUT2D eigenvalue weighted by Gasteiger charge is 2.10. The average molecular weight is 261 g/mol. The van der Waals surface area contributed by atoms with Gasteiger partial charge in [-0.3, -0.25) is 14.9 Å². The van der Waals surface area contributed by atoms with Gasteiger partial charge in [-0.1, -0.05) is 29.0 Å².